The van der Waals surface area contributed by atoms with E-state index < -0.39 is 6.03 Å². The molecule has 2 aromatic carbocycles. The standard InChI is InChI=1S/C21H20N4O4/c26-18-11-22-21(29)25(18)12-13-3-1-5-16(9-13)23-20(28)15-4-2-6-17(10-15)24-19(27)14-7-8-14/h1-6,9-10,14H,7-8,11-12H2,(H,22,29)(H,23,28)(H,24,27). The number of rotatable bonds is 6. The van der Waals surface area contributed by atoms with Crippen LogP contribution in [0.4, 0.5) is 16.2 Å². The lowest BCUT2D eigenvalue weighted by Gasteiger charge is -2.13. The summed E-state index contributed by atoms with van der Waals surface area (Å²) in [6, 6.07) is 13.3. The third-order valence-electron chi connectivity index (χ3n) is 4.80. The van der Waals surface area contributed by atoms with Crippen LogP contribution in [-0.2, 0) is 16.1 Å². The van der Waals surface area contributed by atoms with E-state index in [0.717, 1.165) is 23.3 Å². The van der Waals surface area contributed by atoms with Gasteiger partial charge in [-0.15, -0.1) is 0 Å². The number of nitrogens with one attached hydrogen (secondary N) is 3. The molecule has 29 heavy (non-hydrogen) atoms. The van der Waals surface area contributed by atoms with Gasteiger partial charge in [0.05, 0.1) is 13.1 Å². The SMILES string of the molecule is O=C(Nc1cccc(CN2C(=O)CNC2=O)c1)c1cccc(NC(=O)C2CC2)c1. The predicted molar refractivity (Wildman–Crippen MR) is 106 cm³/mol. The second-order valence-electron chi connectivity index (χ2n) is 7.14. The topological polar surface area (TPSA) is 108 Å². The number of imide groups is 1. The van der Waals surface area contributed by atoms with Gasteiger partial charge < -0.3 is 16.0 Å². The minimum Gasteiger partial charge on any atom is -0.329 e. The molecule has 1 aliphatic carbocycles. The summed E-state index contributed by atoms with van der Waals surface area (Å²) in [4.78, 5) is 49.1. The maximum absolute atomic E-state index is 12.6. The Morgan fingerprint density at radius 3 is 2.41 bits per heavy atom. The van der Waals surface area contributed by atoms with Gasteiger partial charge in [-0.25, -0.2) is 4.79 Å². The van der Waals surface area contributed by atoms with Crippen LogP contribution in [0.25, 0.3) is 0 Å². The van der Waals surface area contributed by atoms with Gasteiger partial charge in [-0.1, -0.05) is 18.2 Å². The minimum absolute atomic E-state index is 0.00286. The van der Waals surface area contributed by atoms with Gasteiger partial charge in [-0.05, 0) is 48.7 Å². The quantitative estimate of drug-likeness (QED) is 0.656. The average Bonchev–Trinajstić information content (AvgIpc) is 3.51. The zero-order valence-electron chi connectivity index (χ0n) is 15.6. The van der Waals surface area contributed by atoms with E-state index in [1.807, 2.05) is 0 Å². The van der Waals surface area contributed by atoms with Crippen molar-refractivity contribution in [2.45, 2.75) is 19.4 Å². The molecule has 8 nitrogen and oxygen atoms in total. The summed E-state index contributed by atoms with van der Waals surface area (Å²) in [7, 11) is 0. The summed E-state index contributed by atoms with van der Waals surface area (Å²) in [5, 5.41) is 8.11. The van der Waals surface area contributed by atoms with Gasteiger partial charge >= 0.3 is 6.03 Å². The lowest BCUT2D eigenvalue weighted by atomic mass is 10.1. The Kier molecular flexibility index (Phi) is 4.99. The zero-order valence-corrected chi connectivity index (χ0v) is 15.6. The van der Waals surface area contributed by atoms with Gasteiger partial charge in [0, 0.05) is 22.9 Å². The number of carbonyl (C=O) groups excluding carboxylic acids is 4. The molecule has 0 unspecified atom stereocenters. The number of anilines is 2. The van der Waals surface area contributed by atoms with E-state index in [-0.39, 0.29) is 36.7 Å². The number of carbonyl (C=O) groups is 4. The summed E-state index contributed by atoms with van der Waals surface area (Å²) in [6.07, 6.45) is 1.82. The Morgan fingerprint density at radius 2 is 1.72 bits per heavy atom. The fourth-order valence-corrected chi connectivity index (χ4v) is 3.08. The first kappa shape index (κ1) is 18.7. The van der Waals surface area contributed by atoms with E-state index in [4.69, 9.17) is 0 Å². The fraction of sp³-hybridized carbons (Fsp3) is 0.238. The van der Waals surface area contributed by atoms with Crippen LogP contribution in [0.5, 0.6) is 0 Å². The van der Waals surface area contributed by atoms with Gasteiger partial charge in [0.15, 0.2) is 0 Å². The molecule has 2 aliphatic rings. The van der Waals surface area contributed by atoms with E-state index in [9.17, 15) is 19.2 Å². The molecule has 0 aromatic heterocycles. The van der Waals surface area contributed by atoms with Crippen LogP contribution in [0.1, 0.15) is 28.8 Å². The molecule has 5 amide bonds. The number of benzene rings is 2. The van der Waals surface area contributed by atoms with Crippen LogP contribution in [0.15, 0.2) is 48.5 Å². The van der Waals surface area contributed by atoms with Crippen LogP contribution in [-0.4, -0.2) is 35.2 Å². The lowest BCUT2D eigenvalue weighted by Crippen LogP contribution is -2.30. The maximum Gasteiger partial charge on any atom is 0.324 e. The van der Waals surface area contributed by atoms with Crippen molar-refractivity contribution in [1.29, 1.82) is 0 Å². The third kappa shape index (κ3) is 4.43. The molecule has 1 heterocycles. The smallest absolute Gasteiger partial charge is 0.324 e. The van der Waals surface area contributed by atoms with E-state index in [1.165, 1.54) is 0 Å². The first-order valence-electron chi connectivity index (χ1n) is 9.39. The normalized spacial score (nSPS) is 15.8. The summed E-state index contributed by atoms with van der Waals surface area (Å²) in [5.74, 6) is -0.537. The van der Waals surface area contributed by atoms with Crippen molar-refractivity contribution in [3.05, 3.63) is 59.7 Å². The van der Waals surface area contributed by atoms with E-state index in [0.29, 0.717) is 16.9 Å². The molecule has 2 fully saturated rings. The summed E-state index contributed by atoms with van der Waals surface area (Å²) < 4.78 is 0. The van der Waals surface area contributed by atoms with E-state index >= 15 is 0 Å². The maximum atomic E-state index is 12.6. The molecule has 3 N–H and O–H groups in total. The molecule has 0 spiro atoms. The fourth-order valence-electron chi connectivity index (χ4n) is 3.08. The van der Waals surface area contributed by atoms with Crippen LogP contribution in [0.2, 0.25) is 0 Å². The number of amides is 5. The van der Waals surface area contributed by atoms with Gasteiger partial charge in [-0.3, -0.25) is 19.3 Å². The molecule has 1 saturated carbocycles. The van der Waals surface area contributed by atoms with Crippen molar-refractivity contribution in [3.8, 4) is 0 Å². The first-order valence-corrected chi connectivity index (χ1v) is 9.39. The minimum atomic E-state index is -0.422. The Hall–Kier alpha value is -3.68. The molecular formula is C21H20N4O4. The lowest BCUT2D eigenvalue weighted by molar-refractivity contribution is -0.125. The highest BCUT2D eigenvalue weighted by atomic mass is 16.2. The van der Waals surface area contributed by atoms with Crippen LogP contribution >= 0.6 is 0 Å². The Balaban J connectivity index is 1.42. The van der Waals surface area contributed by atoms with Gasteiger partial charge in [-0.2, -0.15) is 0 Å². The van der Waals surface area contributed by atoms with Crippen LogP contribution < -0.4 is 16.0 Å². The number of hydrogen-bond acceptors (Lipinski definition) is 4. The van der Waals surface area contributed by atoms with Crippen LogP contribution in [0.3, 0.4) is 0 Å². The molecular weight excluding hydrogens is 372 g/mol. The van der Waals surface area contributed by atoms with E-state index in [2.05, 4.69) is 16.0 Å². The molecule has 1 saturated heterocycles. The van der Waals surface area contributed by atoms with Gasteiger partial charge in [0.2, 0.25) is 11.8 Å². The van der Waals surface area contributed by atoms with Crippen molar-refractivity contribution >= 4 is 35.1 Å². The van der Waals surface area contributed by atoms with Crippen molar-refractivity contribution in [2.75, 3.05) is 17.2 Å². The summed E-state index contributed by atoms with van der Waals surface area (Å²) >= 11 is 0. The van der Waals surface area contributed by atoms with E-state index in [1.54, 1.807) is 48.5 Å². The molecule has 148 valence electrons. The summed E-state index contributed by atoms with van der Waals surface area (Å²) in [5.41, 5.74) is 2.27. The molecule has 2 aromatic rings. The average molecular weight is 392 g/mol. The van der Waals surface area contributed by atoms with Gasteiger partial charge in [0.1, 0.15) is 0 Å². The Bertz CT molecular complexity index is 984. The van der Waals surface area contributed by atoms with Gasteiger partial charge in [0.25, 0.3) is 5.91 Å². The van der Waals surface area contributed by atoms with Crippen molar-refractivity contribution in [2.24, 2.45) is 5.92 Å². The molecule has 1 aliphatic heterocycles. The zero-order chi connectivity index (χ0) is 20.4. The third-order valence-corrected chi connectivity index (χ3v) is 4.80. The highest BCUT2D eigenvalue weighted by Crippen LogP contribution is 2.30. The number of urea groups is 1. The monoisotopic (exact) mass is 392 g/mol. The highest BCUT2D eigenvalue weighted by Gasteiger charge is 2.30. The molecule has 4 rings (SSSR count). The van der Waals surface area contributed by atoms with Crippen molar-refractivity contribution < 1.29 is 19.2 Å². The Labute approximate surface area is 167 Å². The Morgan fingerprint density at radius 1 is 1.00 bits per heavy atom. The molecule has 8 heteroatoms. The summed E-state index contributed by atoms with van der Waals surface area (Å²) in [6.45, 7) is 0.139. The molecule has 0 atom stereocenters. The largest absolute Gasteiger partial charge is 0.329 e. The predicted octanol–water partition coefficient (Wildman–Crippen LogP) is 2.34. The first-order chi connectivity index (χ1) is 14.0. The van der Waals surface area contributed by atoms with Crippen LogP contribution in [0, 0.1) is 5.92 Å². The van der Waals surface area contributed by atoms with Crippen molar-refractivity contribution in [1.82, 2.24) is 10.2 Å². The number of hydrogen-bond donors (Lipinski definition) is 3. The van der Waals surface area contributed by atoms with Crippen molar-refractivity contribution in [3.63, 3.8) is 0 Å². The molecule has 0 radical (unpaired) electrons. The highest BCUT2D eigenvalue weighted by molar-refractivity contribution is 6.05. The number of nitrogens with zero attached hydrogens (tertiary/aromatic N) is 1. The second-order valence-corrected chi connectivity index (χ2v) is 7.14. The molecule has 0 bridgehead atoms. The second kappa shape index (κ2) is 7.75.